The summed E-state index contributed by atoms with van der Waals surface area (Å²) in [6.45, 7) is 4.75. The van der Waals surface area contributed by atoms with Gasteiger partial charge in [-0.15, -0.1) is 0 Å². The molecule has 108 valence electrons. The van der Waals surface area contributed by atoms with E-state index in [0.717, 1.165) is 11.3 Å². The molecule has 0 aliphatic carbocycles. The largest absolute Gasteiger partial charge is 0.381 e. The number of sulfone groups is 1. The van der Waals surface area contributed by atoms with Crippen molar-refractivity contribution < 1.29 is 8.42 Å². The van der Waals surface area contributed by atoms with Crippen molar-refractivity contribution in [3.63, 3.8) is 0 Å². The Hall–Kier alpha value is -1.82. The van der Waals surface area contributed by atoms with Gasteiger partial charge >= 0.3 is 0 Å². The molecule has 1 aromatic carbocycles. The minimum absolute atomic E-state index is 0.320. The fourth-order valence-corrected chi connectivity index (χ4v) is 2.46. The Kier molecular flexibility index (Phi) is 4.13. The van der Waals surface area contributed by atoms with Crippen LogP contribution >= 0.6 is 0 Å². The second kappa shape index (κ2) is 5.66. The molecule has 2 rings (SSSR count). The molecule has 1 heterocycles. The Labute approximate surface area is 119 Å². The number of nitrogens with zero attached hydrogens (tertiary/aromatic N) is 2. The maximum absolute atomic E-state index is 11.5. The minimum Gasteiger partial charge on any atom is -0.381 e. The number of anilines is 1. The molecule has 0 atom stereocenters. The third-order valence-electron chi connectivity index (χ3n) is 2.94. The molecule has 0 spiro atoms. The van der Waals surface area contributed by atoms with E-state index < -0.39 is 9.84 Å². The molecule has 0 saturated heterocycles. The van der Waals surface area contributed by atoms with Crippen molar-refractivity contribution in [1.82, 2.24) is 9.78 Å². The Balaban J connectivity index is 2.07. The highest BCUT2D eigenvalue weighted by Crippen LogP contribution is 2.16. The van der Waals surface area contributed by atoms with Crippen molar-refractivity contribution in [1.29, 1.82) is 0 Å². The molecule has 0 unspecified atom stereocenters. The molecule has 0 aliphatic heterocycles. The van der Waals surface area contributed by atoms with Crippen LogP contribution < -0.4 is 5.32 Å². The normalized spacial score (nSPS) is 11.8. The lowest BCUT2D eigenvalue weighted by Gasteiger charge is -2.07. The maximum atomic E-state index is 11.5. The molecule has 0 aliphatic rings. The third kappa shape index (κ3) is 3.60. The van der Waals surface area contributed by atoms with Gasteiger partial charge in [-0.25, -0.2) is 8.42 Å². The van der Waals surface area contributed by atoms with E-state index in [9.17, 15) is 8.42 Å². The lowest BCUT2D eigenvalue weighted by Crippen LogP contribution is -2.02. The molecule has 0 saturated carbocycles. The van der Waals surface area contributed by atoms with E-state index in [1.54, 1.807) is 18.2 Å². The van der Waals surface area contributed by atoms with Gasteiger partial charge in [-0.05, 0) is 32.0 Å². The Morgan fingerprint density at radius 1 is 1.35 bits per heavy atom. The van der Waals surface area contributed by atoms with Crippen molar-refractivity contribution in [2.45, 2.75) is 31.3 Å². The Bertz CT molecular complexity index is 690. The standard InChI is InChI=1S/C14H19N3O2S/c1-11(2)17-10-12(9-16-17)8-15-13-5-4-6-14(7-13)20(3,18)19/h4-7,9-11,15H,8H2,1-3H3. The number of rotatable bonds is 5. The van der Waals surface area contributed by atoms with Crippen LogP contribution in [0.15, 0.2) is 41.6 Å². The minimum atomic E-state index is -3.17. The van der Waals surface area contributed by atoms with E-state index in [4.69, 9.17) is 0 Å². The molecule has 0 fully saturated rings. The van der Waals surface area contributed by atoms with E-state index in [1.807, 2.05) is 23.1 Å². The van der Waals surface area contributed by atoms with Crippen molar-refractivity contribution in [3.05, 3.63) is 42.2 Å². The smallest absolute Gasteiger partial charge is 0.175 e. The zero-order valence-electron chi connectivity index (χ0n) is 11.9. The molecule has 0 amide bonds. The first kappa shape index (κ1) is 14.6. The van der Waals surface area contributed by atoms with Gasteiger partial charge < -0.3 is 5.32 Å². The van der Waals surface area contributed by atoms with Crippen molar-refractivity contribution in [2.24, 2.45) is 0 Å². The summed E-state index contributed by atoms with van der Waals surface area (Å²) in [6.07, 6.45) is 5.00. The third-order valence-corrected chi connectivity index (χ3v) is 4.05. The molecule has 2 aromatic rings. The summed E-state index contributed by atoms with van der Waals surface area (Å²) < 4.78 is 24.9. The number of aromatic nitrogens is 2. The first-order chi connectivity index (χ1) is 9.36. The summed E-state index contributed by atoms with van der Waals surface area (Å²) in [5.41, 5.74) is 1.84. The molecule has 6 heteroatoms. The quantitative estimate of drug-likeness (QED) is 0.920. The topological polar surface area (TPSA) is 64.0 Å². The Morgan fingerprint density at radius 3 is 2.70 bits per heavy atom. The van der Waals surface area contributed by atoms with Crippen LogP contribution in [-0.4, -0.2) is 24.5 Å². The highest BCUT2D eigenvalue weighted by molar-refractivity contribution is 7.90. The zero-order chi connectivity index (χ0) is 14.8. The molecule has 20 heavy (non-hydrogen) atoms. The van der Waals surface area contributed by atoms with E-state index >= 15 is 0 Å². The van der Waals surface area contributed by atoms with E-state index in [-0.39, 0.29) is 0 Å². The summed E-state index contributed by atoms with van der Waals surface area (Å²) in [5, 5.41) is 7.47. The van der Waals surface area contributed by atoms with Crippen molar-refractivity contribution >= 4 is 15.5 Å². The van der Waals surface area contributed by atoms with E-state index in [1.165, 1.54) is 6.26 Å². The molecule has 1 N–H and O–H groups in total. The summed E-state index contributed by atoms with van der Waals surface area (Å²) in [7, 11) is -3.17. The van der Waals surface area contributed by atoms with Crippen LogP contribution in [0.2, 0.25) is 0 Å². The summed E-state index contributed by atoms with van der Waals surface area (Å²) in [6, 6.07) is 7.15. The van der Waals surface area contributed by atoms with Gasteiger partial charge in [-0.2, -0.15) is 5.10 Å². The van der Waals surface area contributed by atoms with Gasteiger partial charge in [0, 0.05) is 36.3 Å². The van der Waals surface area contributed by atoms with Crippen LogP contribution in [-0.2, 0) is 16.4 Å². The first-order valence-corrected chi connectivity index (χ1v) is 8.32. The fourth-order valence-electron chi connectivity index (χ4n) is 1.79. The van der Waals surface area contributed by atoms with Crippen LogP contribution in [0.5, 0.6) is 0 Å². The van der Waals surface area contributed by atoms with E-state index in [2.05, 4.69) is 24.3 Å². The maximum Gasteiger partial charge on any atom is 0.175 e. The monoisotopic (exact) mass is 293 g/mol. The number of hydrogen-bond acceptors (Lipinski definition) is 4. The van der Waals surface area contributed by atoms with Crippen LogP contribution in [0, 0.1) is 0 Å². The van der Waals surface area contributed by atoms with Gasteiger partial charge in [-0.1, -0.05) is 6.07 Å². The molecule has 1 aromatic heterocycles. The predicted octanol–water partition coefficient (Wildman–Crippen LogP) is 2.48. The summed E-state index contributed by atoms with van der Waals surface area (Å²) in [5.74, 6) is 0. The van der Waals surface area contributed by atoms with Crippen molar-refractivity contribution in [2.75, 3.05) is 11.6 Å². The lowest BCUT2D eigenvalue weighted by atomic mass is 10.3. The van der Waals surface area contributed by atoms with Crippen LogP contribution in [0.4, 0.5) is 5.69 Å². The predicted molar refractivity (Wildman–Crippen MR) is 79.5 cm³/mol. The number of benzene rings is 1. The van der Waals surface area contributed by atoms with Gasteiger partial charge in [0.05, 0.1) is 11.1 Å². The van der Waals surface area contributed by atoms with E-state index in [0.29, 0.717) is 17.5 Å². The molecular weight excluding hydrogens is 274 g/mol. The molecule has 0 radical (unpaired) electrons. The highest BCUT2D eigenvalue weighted by Gasteiger charge is 2.07. The number of hydrogen-bond donors (Lipinski definition) is 1. The SMILES string of the molecule is CC(C)n1cc(CNc2cccc(S(C)(=O)=O)c2)cn1. The highest BCUT2D eigenvalue weighted by atomic mass is 32.2. The second-order valence-electron chi connectivity index (χ2n) is 5.08. The summed E-state index contributed by atoms with van der Waals surface area (Å²) >= 11 is 0. The number of nitrogens with one attached hydrogen (secondary N) is 1. The van der Waals surface area contributed by atoms with Gasteiger partial charge in [0.1, 0.15) is 0 Å². The molecule has 0 bridgehead atoms. The van der Waals surface area contributed by atoms with Crippen molar-refractivity contribution in [3.8, 4) is 0 Å². The van der Waals surface area contributed by atoms with Crippen LogP contribution in [0.3, 0.4) is 0 Å². The van der Waals surface area contributed by atoms with Gasteiger partial charge in [0.25, 0.3) is 0 Å². The van der Waals surface area contributed by atoms with Gasteiger partial charge in [-0.3, -0.25) is 4.68 Å². The molecule has 5 nitrogen and oxygen atoms in total. The van der Waals surface area contributed by atoms with Crippen LogP contribution in [0.25, 0.3) is 0 Å². The lowest BCUT2D eigenvalue weighted by molar-refractivity contribution is 0.532. The average molecular weight is 293 g/mol. The zero-order valence-corrected chi connectivity index (χ0v) is 12.7. The summed E-state index contributed by atoms with van der Waals surface area (Å²) in [4.78, 5) is 0.320. The van der Waals surface area contributed by atoms with Crippen LogP contribution in [0.1, 0.15) is 25.5 Å². The first-order valence-electron chi connectivity index (χ1n) is 6.43. The fraction of sp³-hybridized carbons (Fsp3) is 0.357. The van der Waals surface area contributed by atoms with Gasteiger partial charge in [0.15, 0.2) is 9.84 Å². The average Bonchev–Trinajstić information content (AvgIpc) is 2.85. The van der Waals surface area contributed by atoms with Gasteiger partial charge in [0.2, 0.25) is 0 Å². The molecular formula is C14H19N3O2S. The Morgan fingerprint density at radius 2 is 2.10 bits per heavy atom. The second-order valence-corrected chi connectivity index (χ2v) is 7.09.